The molecule has 2 fully saturated rings. The molecule has 2 aliphatic heterocycles. The molecule has 0 saturated carbocycles. The van der Waals surface area contributed by atoms with Crippen LogP contribution in [0.4, 0.5) is 0 Å². The van der Waals surface area contributed by atoms with E-state index in [1.807, 2.05) is 0 Å². The maximum Gasteiger partial charge on any atom is 0.112 e. The Morgan fingerprint density at radius 3 is 2.71 bits per heavy atom. The maximum atomic E-state index is 9.54. The molecule has 1 N–H and O–H groups in total. The highest BCUT2D eigenvalue weighted by Crippen LogP contribution is 2.33. The van der Waals surface area contributed by atoms with Crippen LogP contribution in [0.25, 0.3) is 0 Å². The molecule has 82 valence electrons. The predicted molar refractivity (Wildman–Crippen MR) is 53.1 cm³/mol. The van der Waals surface area contributed by atoms with Crippen LogP contribution in [0.5, 0.6) is 0 Å². The summed E-state index contributed by atoms with van der Waals surface area (Å²) in [5, 5.41) is 9.54. The lowest BCUT2D eigenvalue weighted by atomic mass is 9.95. The van der Waals surface area contributed by atoms with Gasteiger partial charge >= 0.3 is 0 Å². The summed E-state index contributed by atoms with van der Waals surface area (Å²) in [6, 6.07) is 0. The number of aliphatic hydroxyl groups is 1. The molecular formula is C11H20O3. The standard InChI is InChI=1S/C11H20O3/c1-2-3-4-5-8-6-13-11-9(12)7-14-10(8)11/h8-12H,2-7H2,1H3/t8?,9?,10-,11-/m1/s1. The Morgan fingerprint density at radius 1 is 1.14 bits per heavy atom. The highest BCUT2D eigenvalue weighted by Gasteiger charge is 2.46. The van der Waals surface area contributed by atoms with Gasteiger partial charge in [0.05, 0.1) is 19.3 Å². The molecule has 3 heteroatoms. The molecule has 14 heavy (non-hydrogen) atoms. The molecule has 0 aromatic heterocycles. The van der Waals surface area contributed by atoms with Crippen LogP contribution in [0.1, 0.15) is 32.6 Å². The summed E-state index contributed by atoms with van der Waals surface area (Å²) in [6.45, 7) is 3.44. The van der Waals surface area contributed by atoms with E-state index >= 15 is 0 Å². The van der Waals surface area contributed by atoms with Crippen molar-refractivity contribution in [1.82, 2.24) is 0 Å². The van der Waals surface area contributed by atoms with Crippen molar-refractivity contribution < 1.29 is 14.6 Å². The first-order chi connectivity index (χ1) is 6.83. The third-order valence-electron chi connectivity index (χ3n) is 3.31. The summed E-state index contributed by atoms with van der Waals surface area (Å²) in [6.07, 6.45) is 4.72. The average molecular weight is 200 g/mol. The zero-order valence-corrected chi connectivity index (χ0v) is 8.82. The summed E-state index contributed by atoms with van der Waals surface area (Å²) >= 11 is 0. The molecule has 0 amide bonds. The van der Waals surface area contributed by atoms with Gasteiger partial charge in [0.2, 0.25) is 0 Å². The lowest BCUT2D eigenvalue weighted by Gasteiger charge is -2.15. The largest absolute Gasteiger partial charge is 0.388 e. The molecule has 0 aromatic carbocycles. The van der Waals surface area contributed by atoms with Crippen molar-refractivity contribution >= 4 is 0 Å². The second-order valence-electron chi connectivity index (χ2n) is 4.42. The van der Waals surface area contributed by atoms with Gasteiger partial charge in [-0.3, -0.25) is 0 Å². The van der Waals surface area contributed by atoms with Gasteiger partial charge in [-0.25, -0.2) is 0 Å². The first kappa shape index (κ1) is 10.4. The van der Waals surface area contributed by atoms with E-state index in [1.54, 1.807) is 0 Å². The third kappa shape index (κ3) is 1.95. The van der Waals surface area contributed by atoms with Gasteiger partial charge in [0.25, 0.3) is 0 Å². The average Bonchev–Trinajstić information content (AvgIpc) is 2.72. The van der Waals surface area contributed by atoms with Crippen molar-refractivity contribution in [3.8, 4) is 0 Å². The fourth-order valence-electron chi connectivity index (χ4n) is 2.46. The van der Waals surface area contributed by atoms with E-state index in [4.69, 9.17) is 9.47 Å². The van der Waals surface area contributed by atoms with Gasteiger partial charge in [0, 0.05) is 5.92 Å². The predicted octanol–water partition coefficient (Wildman–Crippen LogP) is 1.34. The Labute approximate surface area is 85.4 Å². The number of hydrogen-bond donors (Lipinski definition) is 1. The summed E-state index contributed by atoms with van der Waals surface area (Å²) in [4.78, 5) is 0. The second kappa shape index (κ2) is 4.60. The molecule has 2 heterocycles. The van der Waals surface area contributed by atoms with Gasteiger partial charge in [0.1, 0.15) is 12.2 Å². The van der Waals surface area contributed by atoms with Gasteiger partial charge < -0.3 is 14.6 Å². The van der Waals surface area contributed by atoms with Crippen LogP contribution >= 0.6 is 0 Å². The van der Waals surface area contributed by atoms with E-state index in [2.05, 4.69) is 6.92 Å². The van der Waals surface area contributed by atoms with Crippen molar-refractivity contribution in [1.29, 1.82) is 0 Å². The molecule has 0 spiro atoms. The van der Waals surface area contributed by atoms with Crippen LogP contribution in [0.2, 0.25) is 0 Å². The summed E-state index contributed by atoms with van der Waals surface area (Å²) in [7, 11) is 0. The molecule has 0 bridgehead atoms. The van der Waals surface area contributed by atoms with Crippen molar-refractivity contribution in [2.24, 2.45) is 5.92 Å². The number of unbranched alkanes of at least 4 members (excludes halogenated alkanes) is 2. The lowest BCUT2D eigenvalue weighted by Crippen LogP contribution is -2.28. The zero-order valence-electron chi connectivity index (χ0n) is 8.82. The molecule has 2 unspecified atom stereocenters. The minimum absolute atomic E-state index is 0.0402. The minimum Gasteiger partial charge on any atom is -0.388 e. The molecule has 2 rings (SSSR count). The molecule has 0 aromatic rings. The monoisotopic (exact) mass is 200 g/mol. The fourth-order valence-corrected chi connectivity index (χ4v) is 2.46. The van der Waals surface area contributed by atoms with Crippen LogP contribution in [0.15, 0.2) is 0 Å². The topological polar surface area (TPSA) is 38.7 Å². The van der Waals surface area contributed by atoms with Crippen molar-refractivity contribution in [2.45, 2.75) is 50.9 Å². The summed E-state index contributed by atoms with van der Waals surface area (Å²) in [5.74, 6) is 0.517. The van der Waals surface area contributed by atoms with Gasteiger partial charge in [0.15, 0.2) is 0 Å². The van der Waals surface area contributed by atoms with Gasteiger partial charge in [-0.1, -0.05) is 26.2 Å². The van der Waals surface area contributed by atoms with Crippen LogP contribution in [-0.2, 0) is 9.47 Å². The van der Waals surface area contributed by atoms with Crippen molar-refractivity contribution in [3.63, 3.8) is 0 Å². The van der Waals surface area contributed by atoms with E-state index in [0.717, 1.165) is 6.61 Å². The summed E-state index contributed by atoms with van der Waals surface area (Å²) < 4.78 is 11.1. The molecule has 0 radical (unpaired) electrons. The third-order valence-corrected chi connectivity index (χ3v) is 3.31. The van der Waals surface area contributed by atoms with E-state index in [9.17, 15) is 5.11 Å². The van der Waals surface area contributed by atoms with Crippen molar-refractivity contribution in [2.75, 3.05) is 13.2 Å². The number of aliphatic hydroxyl groups excluding tert-OH is 1. The van der Waals surface area contributed by atoms with Crippen LogP contribution < -0.4 is 0 Å². The number of hydrogen-bond acceptors (Lipinski definition) is 3. The lowest BCUT2D eigenvalue weighted by molar-refractivity contribution is 0.0166. The van der Waals surface area contributed by atoms with Crippen molar-refractivity contribution in [3.05, 3.63) is 0 Å². The van der Waals surface area contributed by atoms with Gasteiger partial charge in [-0.15, -0.1) is 0 Å². The zero-order chi connectivity index (χ0) is 9.97. The molecule has 3 nitrogen and oxygen atoms in total. The number of rotatable bonds is 4. The quantitative estimate of drug-likeness (QED) is 0.696. The summed E-state index contributed by atoms with van der Waals surface area (Å²) in [5.41, 5.74) is 0. The fraction of sp³-hybridized carbons (Fsp3) is 1.00. The SMILES string of the molecule is CCCCCC1CO[C@@H]2C(O)CO[C@H]12. The Balaban J connectivity index is 1.78. The Morgan fingerprint density at radius 2 is 1.93 bits per heavy atom. The minimum atomic E-state index is -0.392. The van der Waals surface area contributed by atoms with E-state index in [0.29, 0.717) is 12.5 Å². The first-order valence-corrected chi connectivity index (χ1v) is 5.74. The smallest absolute Gasteiger partial charge is 0.112 e. The van der Waals surface area contributed by atoms with E-state index in [-0.39, 0.29) is 12.2 Å². The normalized spacial score (nSPS) is 41.6. The van der Waals surface area contributed by atoms with E-state index < -0.39 is 6.10 Å². The molecular weight excluding hydrogens is 180 g/mol. The highest BCUT2D eigenvalue weighted by molar-refractivity contribution is 4.93. The first-order valence-electron chi connectivity index (χ1n) is 5.74. The van der Waals surface area contributed by atoms with Gasteiger partial charge in [-0.2, -0.15) is 0 Å². The number of fused-ring (bicyclic) bond motifs is 1. The second-order valence-corrected chi connectivity index (χ2v) is 4.42. The maximum absolute atomic E-state index is 9.54. The van der Waals surface area contributed by atoms with E-state index in [1.165, 1.54) is 25.7 Å². The Bertz CT molecular complexity index is 183. The highest BCUT2D eigenvalue weighted by atomic mass is 16.6. The van der Waals surface area contributed by atoms with Crippen LogP contribution in [0.3, 0.4) is 0 Å². The van der Waals surface area contributed by atoms with Gasteiger partial charge in [-0.05, 0) is 6.42 Å². The number of ether oxygens (including phenoxy) is 2. The molecule has 2 aliphatic rings. The molecule has 4 atom stereocenters. The Hall–Kier alpha value is -0.120. The Kier molecular flexibility index (Phi) is 3.42. The van der Waals surface area contributed by atoms with Crippen LogP contribution in [0, 0.1) is 5.92 Å². The van der Waals surface area contributed by atoms with Crippen LogP contribution in [-0.4, -0.2) is 36.6 Å². The molecule has 0 aliphatic carbocycles. The molecule has 2 saturated heterocycles.